The highest BCUT2D eigenvalue weighted by Crippen LogP contribution is 2.51. The number of carbonyl (C=O) groups excluding carboxylic acids is 1. The number of amides is 1. The maximum absolute atomic E-state index is 13.1. The minimum atomic E-state index is -1.10. The standard InChI is InChI=1S/C26H22ClNO4/c27-22-16-24-23(15-19(22)25(29)28-11-13-30-14-12-28)31-26(32-24)20-7-3-1-5-17(20)9-10-18-6-2-4-8-21(18)26/h1-8,15-16H,9-14H2. The zero-order valence-corrected chi connectivity index (χ0v) is 18.2. The Hall–Kier alpha value is -3.02. The van der Waals surface area contributed by atoms with Gasteiger partial charge in [0, 0.05) is 30.3 Å². The first-order chi connectivity index (χ1) is 15.7. The van der Waals surface area contributed by atoms with Gasteiger partial charge < -0.3 is 19.1 Å². The average Bonchev–Trinajstić information content (AvgIpc) is 3.15. The summed E-state index contributed by atoms with van der Waals surface area (Å²) < 4.78 is 18.6. The Labute approximate surface area is 191 Å². The summed E-state index contributed by atoms with van der Waals surface area (Å²) in [6, 6.07) is 19.9. The molecule has 1 saturated heterocycles. The van der Waals surface area contributed by atoms with Crippen molar-refractivity contribution >= 4 is 17.5 Å². The minimum Gasteiger partial charge on any atom is -0.440 e. The normalized spacial score (nSPS) is 18.1. The van der Waals surface area contributed by atoms with Crippen LogP contribution in [0.5, 0.6) is 11.5 Å². The van der Waals surface area contributed by atoms with E-state index in [-0.39, 0.29) is 5.91 Å². The van der Waals surface area contributed by atoms with Gasteiger partial charge in [0.2, 0.25) is 0 Å². The van der Waals surface area contributed by atoms with E-state index in [9.17, 15) is 4.79 Å². The highest BCUT2D eigenvalue weighted by Gasteiger charge is 2.49. The van der Waals surface area contributed by atoms with Crippen LogP contribution in [0.4, 0.5) is 0 Å². The van der Waals surface area contributed by atoms with E-state index >= 15 is 0 Å². The van der Waals surface area contributed by atoms with Crippen LogP contribution in [-0.2, 0) is 23.4 Å². The molecule has 0 unspecified atom stereocenters. The van der Waals surface area contributed by atoms with Crippen LogP contribution < -0.4 is 9.47 Å². The molecule has 0 saturated carbocycles. The molecule has 0 atom stereocenters. The summed E-state index contributed by atoms with van der Waals surface area (Å²) in [4.78, 5) is 14.9. The molecule has 3 aliphatic rings. The van der Waals surface area contributed by atoms with E-state index in [0.29, 0.717) is 48.4 Å². The van der Waals surface area contributed by atoms with Gasteiger partial charge in [0.15, 0.2) is 11.5 Å². The van der Waals surface area contributed by atoms with Crippen LogP contribution in [-0.4, -0.2) is 37.1 Å². The first-order valence-corrected chi connectivity index (χ1v) is 11.3. The van der Waals surface area contributed by atoms with Crippen molar-refractivity contribution in [1.29, 1.82) is 0 Å². The van der Waals surface area contributed by atoms with Crippen molar-refractivity contribution in [3.05, 3.63) is 93.5 Å². The van der Waals surface area contributed by atoms with Gasteiger partial charge in [-0.05, 0) is 30.0 Å². The molecular formula is C26H22ClNO4. The lowest BCUT2D eigenvalue weighted by Gasteiger charge is -2.30. The molecule has 0 bridgehead atoms. The molecule has 1 aliphatic carbocycles. The molecule has 1 amide bonds. The highest BCUT2D eigenvalue weighted by atomic mass is 35.5. The van der Waals surface area contributed by atoms with Crippen molar-refractivity contribution in [3.63, 3.8) is 0 Å². The number of ether oxygens (including phenoxy) is 3. The first kappa shape index (κ1) is 19.6. The SMILES string of the molecule is O=C(c1cc2c(cc1Cl)OC1(O2)c2ccccc2CCc2ccccc21)N1CCOCC1. The average molecular weight is 448 g/mol. The molecule has 0 N–H and O–H groups in total. The third-order valence-electron chi connectivity index (χ3n) is 6.48. The molecule has 0 radical (unpaired) electrons. The second-order valence-electron chi connectivity index (χ2n) is 8.32. The molecule has 2 heterocycles. The zero-order valence-electron chi connectivity index (χ0n) is 17.5. The summed E-state index contributed by atoms with van der Waals surface area (Å²) in [5.74, 6) is -0.152. The maximum Gasteiger partial charge on any atom is 0.306 e. The fourth-order valence-electron chi connectivity index (χ4n) is 4.88. The predicted molar refractivity (Wildman–Crippen MR) is 121 cm³/mol. The van der Waals surface area contributed by atoms with Gasteiger partial charge in [0.25, 0.3) is 5.91 Å². The monoisotopic (exact) mass is 447 g/mol. The van der Waals surface area contributed by atoms with Crippen LogP contribution in [0.1, 0.15) is 32.6 Å². The lowest BCUT2D eigenvalue weighted by Crippen LogP contribution is -2.40. The van der Waals surface area contributed by atoms with Crippen molar-refractivity contribution in [2.75, 3.05) is 26.3 Å². The smallest absolute Gasteiger partial charge is 0.306 e. The van der Waals surface area contributed by atoms with Gasteiger partial charge in [-0.3, -0.25) is 4.79 Å². The molecule has 3 aromatic carbocycles. The Bertz CT molecular complexity index is 1170. The van der Waals surface area contributed by atoms with Gasteiger partial charge in [0.1, 0.15) is 0 Å². The predicted octanol–water partition coefficient (Wildman–Crippen LogP) is 4.58. The Morgan fingerprint density at radius 2 is 1.41 bits per heavy atom. The van der Waals surface area contributed by atoms with Crippen molar-refractivity contribution in [1.82, 2.24) is 4.90 Å². The van der Waals surface area contributed by atoms with E-state index < -0.39 is 5.79 Å². The van der Waals surface area contributed by atoms with E-state index in [1.807, 2.05) is 24.3 Å². The zero-order chi connectivity index (χ0) is 21.7. The van der Waals surface area contributed by atoms with E-state index in [4.69, 9.17) is 25.8 Å². The molecule has 0 aromatic heterocycles. The third-order valence-corrected chi connectivity index (χ3v) is 6.79. The topological polar surface area (TPSA) is 48.0 Å². The molecule has 3 aromatic rings. The third kappa shape index (κ3) is 2.99. The van der Waals surface area contributed by atoms with Gasteiger partial charge in [0.05, 0.1) is 23.8 Å². The largest absolute Gasteiger partial charge is 0.440 e. The van der Waals surface area contributed by atoms with Crippen LogP contribution in [0.3, 0.4) is 0 Å². The van der Waals surface area contributed by atoms with Gasteiger partial charge >= 0.3 is 5.79 Å². The lowest BCUT2D eigenvalue weighted by atomic mass is 9.93. The Morgan fingerprint density at radius 3 is 2.03 bits per heavy atom. The van der Waals surface area contributed by atoms with Crippen molar-refractivity contribution < 1.29 is 19.0 Å². The number of carbonyl (C=O) groups is 1. The number of hydrogen-bond acceptors (Lipinski definition) is 4. The van der Waals surface area contributed by atoms with Gasteiger partial charge in [-0.15, -0.1) is 0 Å². The molecule has 2 aliphatic heterocycles. The summed E-state index contributed by atoms with van der Waals surface area (Å²) in [5.41, 5.74) is 4.76. The van der Waals surface area contributed by atoms with E-state index in [2.05, 4.69) is 24.3 Å². The molecule has 5 nitrogen and oxygen atoms in total. The highest BCUT2D eigenvalue weighted by molar-refractivity contribution is 6.34. The Kier molecular flexibility index (Phi) is 4.63. The number of halogens is 1. The van der Waals surface area contributed by atoms with Gasteiger partial charge in [-0.25, -0.2) is 0 Å². The Morgan fingerprint density at radius 1 is 0.844 bits per heavy atom. The maximum atomic E-state index is 13.1. The van der Waals surface area contributed by atoms with Crippen molar-refractivity contribution in [2.45, 2.75) is 18.6 Å². The molecule has 1 spiro atoms. The summed E-state index contributed by atoms with van der Waals surface area (Å²) in [6.45, 7) is 2.16. The van der Waals surface area contributed by atoms with Crippen molar-refractivity contribution in [2.24, 2.45) is 0 Å². The van der Waals surface area contributed by atoms with Crippen LogP contribution in [0, 0.1) is 0 Å². The van der Waals surface area contributed by atoms with Gasteiger partial charge in [-0.2, -0.15) is 0 Å². The molecular weight excluding hydrogens is 426 g/mol. The number of hydrogen-bond donors (Lipinski definition) is 0. The minimum absolute atomic E-state index is 0.118. The molecule has 6 heteroatoms. The number of fused-ring (bicyclic) bond motifs is 5. The van der Waals surface area contributed by atoms with E-state index in [0.717, 1.165) is 24.0 Å². The summed E-state index contributed by atoms with van der Waals surface area (Å²) in [5, 5.41) is 0.357. The number of rotatable bonds is 1. The van der Waals surface area contributed by atoms with E-state index in [1.54, 1.807) is 17.0 Å². The molecule has 32 heavy (non-hydrogen) atoms. The summed E-state index contributed by atoms with van der Waals surface area (Å²) >= 11 is 6.57. The van der Waals surface area contributed by atoms with Crippen LogP contribution in [0.15, 0.2) is 60.7 Å². The van der Waals surface area contributed by atoms with Crippen LogP contribution in [0.25, 0.3) is 0 Å². The second kappa shape index (κ2) is 7.54. The first-order valence-electron chi connectivity index (χ1n) is 10.9. The number of morpholine rings is 1. The fourth-order valence-corrected chi connectivity index (χ4v) is 5.11. The van der Waals surface area contributed by atoms with Gasteiger partial charge in [-0.1, -0.05) is 60.1 Å². The fraction of sp³-hybridized carbons (Fsp3) is 0.269. The quantitative estimate of drug-likeness (QED) is 0.547. The van der Waals surface area contributed by atoms with Crippen LogP contribution >= 0.6 is 11.6 Å². The number of benzene rings is 3. The molecule has 1 fully saturated rings. The second-order valence-corrected chi connectivity index (χ2v) is 8.73. The van der Waals surface area contributed by atoms with Crippen molar-refractivity contribution in [3.8, 4) is 11.5 Å². The lowest BCUT2D eigenvalue weighted by molar-refractivity contribution is -0.0464. The summed E-state index contributed by atoms with van der Waals surface area (Å²) in [6.07, 6.45) is 1.80. The number of aryl methyl sites for hydroxylation is 2. The molecule has 162 valence electrons. The summed E-state index contributed by atoms with van der Waals surface area (Å²) in [7, 11) is 0. The number of nitrogens with zero attached hydrogens (tertiary/aromatic N) is 1. The molecule has 6 rings (SSSR count). The van der Waals surface area contributed by atoms with Crippen LogP contribution in [0.2, 0.25) is 5.02 Å². The van der Waals surface area contributed by atoms with E-state index in [1.165, 1.54) is 11.1 Å². The Balaban J connectivity index is 1.46.